The quantitative estimate of drug-likeness (QED) is 0.479. The maximum atomic E-state index is 6.17. The molecule has 4 nitrogen and oxygen atoms in total. The summed E-state index contributed by atoms with van der Waals surface area (Å²) < 4.78 is 18.2. The Balaban J connectivity index is 1.98. The van der Waals surface area contributed by atoms with Crippen LogP contribution in [0.25, 0.3) is 10.9 Å². The smallest absolute Gasteiger partial charge is 0.491 e. The molecule has 1 aromatic carbocycles. The third kappa shape index (κ3) is 3.06. The fourth-order valence-corrected chi connectivity index (χ4v) is 2.66. The zero-order chi connectivity index (χ0) is 17.4. The van der Waals surface area contributed by atoms with Crippen LogP contribution in [-0.4, -0.2) is 29.9 Å². The Kier molecular flexibility index (Phi) is 4.41. The van der Waals surface area contributed by atoms with Crippen LogP contribution in [-0.2, 0) is 9.31 Å². The standard InChI is InChI=1S/C19H24BNO3/c1-6-7-11-22-16-13-15(12-14-9-8-10-21-17(14)16)20-23-18(2,3)19(4,5)24-20/h6,8-10,12-13H,1,7,11H2,2-5H3. The lowest BCUT2D eigenvalue weighted by Gasteiger charge is -2.32. The number of hydrogen-bond donors (Lipinski definition) is 0. The first kappa shape index (κ1) is 17.0. The number of fused-ring (bicyclic) bond motifs is 1. The van der Waals surface area contributed by atoms with Crippen molar-refractivity contribution >= 4 is 23.5 Å². The van der Waals surface area contributed by atoms with Gasteiger partial charge in [0.25, 0.3) is 0 Å². The van der Waals surface area contributed by atoms with Crippen molar-refractivity contribution in [1.82, 2.24) is 4.98 Å². The van der Waals surface area contributed by atoms with E-state index in [0.29, 0.717) is 6.61 Å². The van der Waals surface area contributed by atoms with Gasteiger partial charge in [0.15, 0.2) is 0 Å². The molecule has 0 amide bonds. The van der Waals surface area contributed by atoms with Crippen LogP contribution in [0, 0.1) is 0 Å². The largest absolute Gasteiger partial charge is 0.494 e. The maximum absolute atomic E-state index is 6.17. The summed E-state index contributed by atoms with van der Waals surface area (Å²) in [6.07, 6.45) is 4.40. The molecule has 0 bridgehead atoms. The van der Waals surface area contributed by atoms with Crippen molar-refractivity contribution < 1.29 is 14.0 Å². The van der Waals surface area contributed by atoms with Crippen LogP contribution in [0.15, 0.2) is 43.1 Å². The molecule has 0 aliphatic carbocycles. The molecule has 1 aliphatic heterocycles. The average Bonchev–Trinajstić information content (AvgIpc) is 2.75. The Hall–Kier alpha value is -1.85. The van der Waals surface area contributed by atoms with Gasteiger partial charge in [-0.25, -0.2) is 0 Å². The van der Waals surface area contributed by atoms with Gasteiger partial charge in [0, 0.05) is 11.6 Å². The number of ether oxygens (including phenoxy) is 1. The van der Waals surface area contributed by atoms with Gasteiger partial charge in [-0.2, -0.15) is 0 Å². The second-order valence-corrected chi connectivity index (χ2v) is 7.11. The molecule has 0 radical (unpaired) electrons. The molecule has 0 atom stereocenters. The van der Waals surface area contributed by atoms with E-state index >= 15 is 0 Å². The summed E-state index contributed by atoms with van der Waals surface area (Å²) in [5, 5.41) is 1.01. The highest BCUT2D eigenvalue weighted by Crippen LogP contribution is 2.37. The zero-order valence-corrected chi connectivity index (χ0v) is 14.8. The summed E-state index contributed by atoms with van der Waals surface area (Å²) in [6, 6.07) is 7.98. The fraction of sp³-hybridized carbons (Fsp3) is 0.421. The van der Waals surface area contributed by atoms with E-state index < -0.39 is 7.12 Å². The summed E-state index contributed by atoms with van der Waals surface area (Å²) in [7, 11) is -0.415. The Labute approximate surface area is 144 Å². The minimum atomic E-state index is -0.415. The molecule has 1 aromatic heterocycles. The third-order valence-electron chi connectivity index (χ3n) is 4.80. The van der Waals surface area contributed by atoms with E-state index in [-0.39, 0.29) is 11.2 Å². The molecule has 0 saturated carbocycles. The van der Waals surface area contributed by atoms with Gasteiger partial charge in [0.1, 0.15) is 11.3 Å². The number of nitrogens with zero attached hydrogens (tertiary/aromatic N) is 1. The summed E-state index contributed by atoms with van der Waals surface area (Å²) >= 11 is 0. The predicted molar refractivity (Wildman–Crippen MR) is 97.8 cm³/mol. The fourth-order valence-electron chi connectivity index (χ4n) is 2.66. The highest BCUT2D eigenvalue weighted by molar-refractivity contribution is 6.62. The van der Waals surface area contributed by atoms with Gasteiger partial charge < -0.3 is 14.0 Å². The molecule has 0 unspecified atom stereocenters. The first-order valence-electron chi connectivity index (χ1n) is 8.32. The SMILES string of the molecule is C=CCCOc1cc(B2OC(C)(C)C(C)(C)O2)cc2cccnc12. The van der Waals surface area contributed by atoms with Crippen molar-refractivity contribution in [1.29, 1.82) is 0 Å². The molecular formula is C19H24BNO3. The second-order valence-electron chi connectivity index (χ2n) is 7.11. The third-order valence-corrected chi connectivity index (χ3v) is 4.80. The molecule has 0 N–H and O–H groups in total. The van der Waals surface area contributed by atoms with Crippen molar-refractivity contribution in [2.45, 2.75) is 45.3 Å². The molecule has 1 aliphatic rings. The van der Waals surface area contributed by atoms with E-state index in [9.17, 15) is 0 Å². The van der Waals surface area contributed by atoms with Crippen molar-refractivity contribution in [2.75, 3.05) is 6.61 Å². The second kappa shape index (κ2) is 6.23. The number of aromatic nitrogens is 1. The van der Waals surface area contributed by atoms with Gasteiger partial charge in [-0.05, 0) is 51.7 Å². The van der Waals surface area contributed by atoms with Gasteiger partial charge in [0.2, 0.25) is 0 Å². The van der Waals surface area contributed by atoms with Gasteiger partial charge in [-0.15, -0.1) is 6.58 Å². The Morgan fingerprint density at radius 3 is 2.58 bits per heavy atom. The number of hydrogen-bond acceptors (Lipinski definition) is 4. The first-order valence-corrected chi connectivity index (χ1v) is 8.32. The molecule has 1 fully saturated rings. The van der Waals surface area contributed by atoms with E-state index in [1.165, 1.54) is 0 Å². The molecule has 5 heteroatoms. The lowest BCUT2D eigenvalue weighted by atomic mass is 9.78. The average molecular weight is 325 g/mol. The van der Waals surface area contributed by atoms with Crippen LogP contribution in [0.3, 0.4) is 0 Å². The van der Waals surface area contributed by atoms with Gasteiger partial charge >= 0.3 is 7.12 Å². The Bertz CT molecular complexity index is 741. The number of pyridine rings is 1. The van der Waals surface area contributed by atoms with E-state index in [0.717, 1.165) is 28.5 Å². The molecule has 126 valence electrons. The summed E-state index contributed by atoms with van der Waals surface area (Å²) in [6.45, 7) is 12.5. The van der Waals surface area contributed by atoms with Crippen molar-refractivity contribution in [3.8, 4) is 5.75 Å². The van der Waals surface area contributed by atoms with Crippen LogP contribution < -0.4 is 10.2 Å². The molecule has 0 spiro atoms. The monoisotopic (exact) mass is 325 g/mol. The van der Waals surface area contributed by atoms with E-state index in [4.69, 9.17) is 14.0 Å². The lowest BCUT2D eigenvalue weighted by Crippen LogP contribution is -2.41. The molecule has 2 aromatic rings. The number of benzene rings is 1. The number of rotatable bonds is 5. The van der Waals surface area contributed by atoms with Crippen molar-refractivity contribution in [3.05, 3.63) is 43.1 Å². The van der Waals surface area contributed by atoms with Crippen LogP contribution >= 0.6 is 0 Å². The van der Waals surface area contributed by atoms with Gasteiger partial charge in [-0.1, -0.05) is 18.2 Å². The molecule has 24 heavy (non-hydrogen) atoms. The van der Waals surface area contributed by atoms with E-state index in [1.807, 2.05) is 24.3 Å². The lowest BCUT2D eigenvalue weighted by molar-refractivity contribution is 0.00578. The van der Waals surface area contributed by atoms with Crippen molar-refractivity contribution in [3.63, 3.8) is 0 Å². The summed E-state index contributed by atoms with van der Waals surface area (Å²) in [4.78, 5) is 4.45. The van der Waals surface area contributed by atoms with E-state index in [1.54, 1.807) is 6.20 Å². The highest BCUT2D eigenvalue weighted by Gasteiger charge is 2.51. The van der Waals surface area contributed by atoms with Crippen LogP contribution in [0.4, 0.5) is 0 Å². The summed E-state index contributed by atoms with van der Waals surface area (Å²) in [5.74, 6) is 0.750. The Morgan fingerprint density at radius 2 is 1.92 bits per heavy atom. The van der Waals surface area contributed by atoms with E-state index in [2.05, 4.69) is 45.3 Å². The highest BCUT2D eigenvalue weighted by atomic mass is 16.7. The summed E-state index contributed by atoms with van der Waals surface area (Å²) in [5.41, 5.74) is 1.06. The molecule has 3 rings (SSSR count). The first-order chi connectivity index (χ1) is 11.3. The molecule has 2 heterocycles. The predicted octanol–water partition coefficient (Wildman–Crippen LogP) is 3.49. The minimum absolute atomic E-state index is 0.370. The maximum Gasteiger partial charge on any atom is 0.494 e. The minimum Gasteiger partial charge on any atom is -0.491 e. The molecule has 1 saturated heterocycles. The molecular weight excluding hydrogens is 301 g/mol. The van der Waals surface area contributed by atoms with Crippen molar-refractivity contribution in [2.24, 2.45) is 0 Å². The van der Waals surface area contributed by atoms with Crippen LogP contribution in [0.1, 0.15) is 34.1 Å². The normalized spacial score (nSPS) is 18.8. The van der Waals surface area contributed by atoms with Crippen LogP contribution in [0.2, 0.25) is 0 Å². The van der Waals surface area contributed by atoms with Crippen LogP contribution in [0.5, 0.6) is 5.75 Å². The topological polar surface area (TPSA) is 40.6 Å². The zero-order valence-electron chi connectivity index (χ0n) is 14.8. The van der Waals surface area contributed by atoms with Gasteiger partial charge in [0.05, 0.1) is 17.8 Å². The Morgan fingerprint density at radius 1 is 1.21 bits per heavy atom. The van der Waals surface area contributed by atoms with Gasteiger partial charge in [-0.3, -0.25) is 4.98 Å².